The normalized spacial score (nSPS) is 10.2. The molecule has 6 heteroatoms. The summed E-state index contributed by atoms with van der Waals surface area (Å²) in [5.74, 6) is -0.799. The van der Waals surface area contributed by atoms with Crippen molar-refractivity contribution < 1.29 is 14.3 Å². The summed E-state index contributed by atoms with van der Waals surface area (Å²) in [6.45, 7) is 2.51. The molecule has 0 aliphatic carbocycles. The van der Waals surface area contributed by atoms with Crippen LogP contribution in [0.15, 0.2) is 29.6 Å². The molecule has 0 spiro atoms. The van der Waals surface area contributed by atoms with Crippen molar-refractivity contribution in [2.45, 2.75) is 13.5 Å². The molecule has 1 aromatic heterocycles. The Kier molecular flexibility index (Phi) is 4.59. The third kappa shape index (κ3) is 3.61. The molecule has 5 nitrogen and oxygen atoms in total. The van der Waals surface area contributed by atoms with E-state index in [1.54, 1.807) is 23.6 Å². The van der Waals surface area contributed by atoms with Gasteiger partial charge in [0.05, 0.1) is 18.2 Å². The molecule has 1 heterocycles. The van der Waals surface area contributed by atoms with Crippen molar-refractivity contribution in [3.8, 4) is 0 Å². The molecule has 2 aromatic rings. The number of methoxy groups -OCH3 is 1. The number of nitrogens with one attached hydrogen (secondary N) is 1. The topological polar surface area (TPSA) is 81.4 Å². The van der Waals surface area contributed by atoms with Gasteiger partial charge in [-0.05, 0) is 30.7 Å². The number of ether oxygens (including phenoxy) is 1. The lowest BCUT2D eigenvalue weighted by Crippen LogP contribution is -2.09. The summed E-state index contributed by atoms with van der Waals surface area (Å²) < 4.78 is 4.71. The van der Waals surface area contributed by atoms with E-state index in [1.807, 2.05) is 13.0 Å². The quantitative estimate of drug-likeness (QED) is 0.832. The van der Waals surface area contributed by atoms with Gasteiger partial charge in [0, 0.05) is 22.5 Å². The third-order valence-electron chi connectivity index (χ3n) is 3.05. The van der Waals surface area contributed by atoms with E-state index in [2.05, 4.69) is 5.32 Å². The van der Waals surface area contributed by atoms with Crippen LogP contribution in [0.25, 0.3) is 0 Å². The number of hydrogen-bond acceptors (Lipinski definition) is 5. The van der Waals surface area contributed by atoms with Crippen molar-refractivity contribution >= 4 is 28.9 Å². The SMILES string of the molecule is COC(=O)c1ccc(C)c(NCc2cc(C(N)=O)cs2)c1. The lowest BCUT2D eigenvalue weighted by Gasteiger charge is -2.10. The van der Waals surface area contributed by atoms with E-state index in [4.69, 9.17) is 10.5 Å². The molecule has 0 aliphatic heterocycles. The van der Waals surface area contributed by atoms with Gasteiger partial charge in [-0.1, -0.05) is 6.07 Å². The maximum Gasteiger partial charge on any atom is 0.337 e. The van der Waals surface area contributed by atoms with Gasteiger partial charge >= 0.3 is 5.97 Å². The van der Waals surface area contributed by atoms with Gasteiger partial charge in [0.15, 0.2) is 0 Å². The van der Waals surface area contributed by atoms with Crippen molar-refractivity contribution in [3.63, 3.8) is 0 Å². The predicted octanol–water partition coefficient (Wildman–Crippen LogP) is 2.55. The molecule has 0 unspecified atom stereocenters. The summed E-state index contributed by atoms with van der Waals surface area (Å²) in [6.07, 6.45) is 0. The summed E-state index contributed by atoms with van der Waals surface area (Å²) in [4.78, 5) is 23.6. The minimum absolute atomic E-state index is 0.370. The second-order valence-electron chi connectivity index (χ2n) is 4.54. The van der Waals surface area contributed by atoms with Crippen LogP contribution in [-0.4, -0.2) is 19.0 Å². The number of nitrogens with two attached hydrogens (primary N) is 1. The number of primary amides is 1. The van der Waals surface area contributed by atoms with Gasteiger partial charge in [-0.25, -0.2) is 4.79 Å². The Hall–Kier alpha value is -2.34. The maximum absolute atomic E-state index is 11.5. The maximum atomic E-state index is 11.5. The highest BCUT2D eigenvalue weighted by Crippen LogP contribution is 2.20. The molecule has 110 valence electrons. The van der Waals surface area contributed by atoms with E-state index >= 15 is 0 Å². The lowest BCUT2D eigenvalue weighted by atomic mass is 10.1. The molecular formula is C15H16N2O3S. The molecule has 1 aromatic carbocycles. The number of esters is 1. The number of benzene rings is 1. The summed E-state index contributed by atoms with van der Waals surface area (Å²) in [6, 6.07) is 7.10. The third-order valence-corrected chi connectivity index (χ3v) is 3.99. The minimum Gasteiger partial charge on any atom is -0.465 e. The Labute approximate surface area is 126 Å². The Bertz CT molecular complexity index is 679. The zero-order valence-electron chi connectivity index (χ0n) is 11.8. The lowest BCUT2D eigenvalue weighted by molar-refractivity contribution is 0.0600. The van der Waals surface area contributed by atoms with Crippen LogP contribution in [0.2, 0.25) is 0 Å². The first-order chi connectivity index (χ1) is 10.0. The van der Waals surface area contributed by atoms with E-state index in [9.17, 15) is 9.59 Å². The molecule has 0 saturated carbocycles. The van der Waals surface area contributed by atoms with Crippen LogP contribution in [0.5, 0.6) is 0 Å². The first-order valence-corrected chi connectivity index (χ1v) is 7.19. The molecule has 0 bridgehead atoms. The number of anilines is 1. The molecule has 1 amide bonds. The van der Waals surface area contributed by atoms with E-state index in [0.29, 0.717) is 17.7 Å². The fourth-order valence-electron chi connectivity index (χ4n) is 1.84. The molecule has 0 saturated heterocycles. The Morgan fingerprint density at radius 3 is 2.67 bits per heavy atom. The van der Waals surface area contributed by atoms with Crippen LogP contribution in [0.4, 0.5) is 5.69 Å². The van der Waals surface area contributed by atoms with Gasteiger partial charge in [-0.2, -0.15) is 0 Å². The van der Waals surface area contributed by atoms with Crippen molar-refractivity contribution in [3.05, 3.63) is 51.2 Å². The number of thiophene rings is 1. The summed E-state index contributed by atoms with van der Waals surface area (Å²) in [5, 5.41) is 4.98. The van der Waals surface area contributed by atoms with Crippen LogP contribution in [0.3, 0.4) is 0 Å². The molecule has 21 heavy (non-hydrogen) atoms. The van der Waals surface area contributed by atoms with Crippen LogP contribution >= 0.6 is 11.3 Å². The highest BCUT2D eigenvalue weighted by atomic mass is 32.1. The Morgan fingerprint density at radius 1 is 1.29 bits per heavy atom. The molecular weight excluding hydrogens is 288 g/mol. The summed E-state index contributed by atoms with van der Waals surface area (Å²) in [5.41, 5.74) is 8.11. The van der Waals surface area contributed by atoms with E-state index in [1.165, 1.54) is 18.4 Å². The summed E-state index contributed by atoms with van der Waals surface area (Å²) >= 11 is 1.46. The van der Waals surface area contributed by atoms with Gasteiger partial charge < -0.3 is 15.8 Å². The van der Waals surface area contributed by atoms with Gasteiger partial charge in [-0.3, -0.25) is 4.79 Å². The smallest absolute Gasteiger partial charge is 0.337 e. The second-order valence-corrected chi connectivity index (χ2v) is 5.54. The monoisotopic (exact) mass is 304 g/mol. The number of rotatable bonds is 5. The Balaban J connectivity index is 2.11. The number of carbonyl (C=O) groups excluding carboxylic acids is 2. The summed E-state index contributed by atoms with van der Waals surface area (Å²) in [7, 11) is 1.35. The first kappa shape index (κ1) is 15.1. The second kappa shape index (κ2) is 6.41. The van der Waals surface area contributed by atoms with Gasteiger partial charge in [0.25, 0.3) is 0 Å². The highest BCUT2D eigenvalue weighted by molar-refractivity contribution is 7.10. The first-order valence-electron chi connectivity index (χ1n) is 6.31. The van der Waals surface area contributed by atoms with Gasteiger partial charge in [0.1, 0.15) is 0 Å². The predicted molar refractivity (Wildman–Crippen MR) is 82.7 cm³/mol. The highest BCUT2D eigenvalue weighted by Gasteiger charge is 2.09. The molecule has 0 aliphatic rings. The number of aryl methyl sites for hydroxylation is 1. The zero-order chi connectivity index (χ0) is 15.4. The van der Waals surface area contributed by atoms with E-state index in [-0.39, 0.29) is 5.97 Å². The van der Waals surface area contributed by atoms with Crippen LogP contribution < -0.4 is 11.1 Å². The standard InChI is InChI=1S/C15H16N2O3S/c1-9-3-4-10(15(19)20-2)6-13(9)17-7-12-5-11(8-21-12)14(16)18/h3-6,8,17H,7H2,1-2H3,(H2,16,18). The van der Waals surface area contributed by atoms with Gasteiger partial charge in [-0.15, -0.1) is 11.3 Å². The van der Waals surface area contributed by atoms with Crippen molar-refractivity contribution in [2.24, 2.45) is 5.73 Å². The minimum atomic E-state index is -0.429. The molecule has 3 N–H and O–H groups in total. The number of hydrogen-bond donors (Lipinski definition) is 2. The van der Waals surface area contributed by atoms with Crippen LogP contribution in [-0.2, 0) is 11.3 Å². The largest absolute Gasteiger partial charge is 0.465 e. The molecule has 0 fully saturated rings. The van der Waals surface area contributed by atoms with Gasteiger partial charge in [0.2, 0.25) is 5.91 Å². The van der Waals surface area contributed by atoms with Crippen molar-refractivity contribution in [1.82, 2.24) is 0 Å². The van der Waals surface area contributed by atoms with Crippen molar-refractivity contribution in [1.29, 1.82) is 0 Å². The van der Waals surface area contributed by atoms with Crippen LogP contribution in [0, 0.1) is 6.92 Å². The van der Waals surface area contributed by atoms with Crippen molar-refractivity contribution in [2.75, 3.05) is 12.4 Å². The zero-order valence-corrected chi connectivity index (χ0v) is 12.6. The fourth-order valence-corrected chi connectivity index (χ4v) is 2.66. The van der Waals surface area contributed by atoms with E-state index < -0.39 is 5.91 Å². The molecule has 0 radical (unpaired) electrons. The van der Waals surface area contributed by atoms with E-state index in [0.717, 1.165) is 16.1 Å². The molecule has 0 atom stereocenters. The Morgan fingerprint density at radius 2 is 2.05 bits per heavy atom. The fraction of sp³-hybridized carbons (Fsp3) is 0.200. The van der Waals surface area contributed by atoms with Crippen LogP contribution in [0.1, 0.15) is 31.2 Å². The number of carbonyl (C=O) groups is 2. The molecule has 2 rings (SSSR count). The average Bonchev–Trinajstić information content (AvgIpc) is 2.94. The number of amides is 1. The average molecular weight is 304 g/mol.